The molecule has 3 aromatic heterocycles. The summed E-state index contributed by atoms with van der Waals surface area (Å²) in [6.07, 6.45) is 3.92. The van der Waals surface area contributed by atoms with Crippen LogP contribution in [0.1, 0.15) is 55.7 Å². The Morgan fingerprint density at radius 3 is 2.71 bits per heavy atom. The third-order valence-electron chi connectivity index (χ3n) is 6.42. The molecule has 4 N–H and O–H groups in total. The standard InChI is InChI=1S/C25H25N5O3S2/c1-14-12-34-25(21(14)22(26)32)29-23(33)19-13-35-24(28-19)15-6-8-30(9-7-15)20(31)10-16-11-27-18-5-3-2-4-17(16)18/h2-5,11-13,15,27H,6-10H2,1H3,(H2,26,32)(H,29,33). The minimum absolute atomic E-state index is 0.129. The van der Waals surface area contributed by atoms with E-state index < -0.39 is 5.91 Å². The molecule has 1 fully saturated rings. The molecule has 0 radical (unpaired) electrons. The molecule has 35 heavy (non-hydrogen) atoms. The first-order valence-corrected chi connectivity index (χ1v) is 13.1. The van der Waals surface area contributed by atoms with Crippen LogP contribution in [-0.2, 0) is 11.2 Å². The van der Waals surface area contributed by atoms with Gasteiger partial charge < -0.3 is 20.9 Å². The number of benzene rings is 1. The van der Waals surface area contributed by atoms with Gasteiger partial charge in [0.05, 0.1) is 17.0 Å². The fourth-order valence-corrected chi connectivity index (χ4v) is 6.43. The van der Waals surface area contributed by atoms with Crippen molar-refractivity contribution in [2.24, 2.45) is 5.73 Å². The maximum atomic E-state index is 12.9. The lowest BCUT2D eigenvalue weighted by atomic mass is 9.97. The lowest BCUT2D eigenvalue weighted by molar-refractivity contribution is -0.131. The SMILES string of the molecule is Cc1csc(NC(=O)c2csc(C3CCN(C(=O)Cc4c[nH]c5ccccc45)CC3)n2)c1C(N)=O. The van der Waals surface area contributed by atoms with Crippen LogP contribution in [0, 0.1) is 6.92 Å². The summed E-state index contributed by atoms with van der Waals surface area (Å²) in [7, 11) is 0. The number of thiophene rings is 1. The molecule has 1 saturated heterocycles. The van der Waals surface area contributed by atoms with Gasteiger partial charge >= 0.3 is 0 Å². The van der Waals surface area contributed by atoms with Crippen LogP contribution in [0.2, 0.25) is 0 Å². The fraction of sp³-hybridized carbons (Fsp3) is 0.280. The Bertz CT molecular complexity index is 1410. The van der Waals surface area contributed by atoms with E-state index in [1.54, 1.807) is 17.7 Å². The summed E-state index contributed by atoms with van der Waals surface area (Å²) < 4.78 is 0. The van der Waals surface area contributed by atoms with Gasteiger partial charge in [-0.25, -0.2) is 4.98 Å². The van der Waals surface area contributed by atoms with E-state index in [1.807, 2.05) is 35.4 Å². The van der Waals surface area contributed by atoms with Gasteiger partial charge in [0.2, 0.25) is 5.91 Å². The van der Waals surface area contributed by atoms with E-state index in [0.29, 0.717) is 35.8 Å². The van der Waals surface area contributed by atoms with E-state index >= 15 is 0 Å². The Morgan fingerprint density at radius 2 is 1.94 bits per heavy atom. The smallest absolute Gasteiger partial charge is 0.275 e. The van der Waals surface area contributed by atoms with Gasteiger partial charge in [-0.3, -0.25) is 14.4 Å². The number of rotatable bonds is 6. The lowest BCUT2D eigenvalue weighted by Gasteiger charge is -2.31. The second kappa shape index (κ2) is 9.63. The van der Waals surface area contributed by atoms with Crippen molar-refractivity contribution in [1.29, 1.82) is 0 Å². The van der Waals surface area contributed by atoms with Gasteiger partial charge in [-0.2, -0.15) is 0 Å². The van der Waals surface area contributed by atoms with Crippen LogP contribution < -0.4 is 11.1 Å². The van der Waals surface area contributed by atoms with E-state index in [1.165, 1.54) is 22.7 Å². The molecule has 1 aliphatic heterocycles. The van der Waals surface area contributed by atoms with Crippen molar-refractivity contribution in [3.05, 3.63) is 68.6 Å². The Labute approximate surface area is 210 Å². The van der Waals surface area contributed by atoms with Crippen molar-refractivity contribution < 1.29 is 14.4 Å². The molecule has 5 rings (SSSR count). The Balaban J connectivity index is 1.18. The molecule has 0 unspecified atom stereocenters. The summed E-state index contributed by atoms with van der Waals surface area (Å²) in [5.41, 5.74) is 8.90. The number of nitrogens with zero attached hydrogens (tertiary/aromatic N) is 2. The normalized spacial score (nSPS) is 14.4. The Kier molecular flexibility index (Phi) is 6.40. The number of hydrogen-bond donors (Lipinski definition) is 3. The largest absolute Gasteiger partial charge is 0.365 e. The maximum absolute atomic E-state index is 12.9. The number of carbonyl (C=O) groups excluding carboxylic acids is 3. The minimum Gasteiger partial charge on any atom is -0.365 e. The summed E-state index contributed by atoms with van der Waals surface area (Å²) in [5, 5.41) is 8.72. The van der Waals surface area contributed by atoms with Gasteiger partial charge in [0.15, 0.2) is 0 Å². The van der Waals surface area contributed by atoms with Crippen LogP contribution >= 0.6 is 22.7 Å². The van der Waals surface area contributed by atoms with Crippen LogP contribution in [0.3, 0.4) is 0 Å². The van der Waals surface area contributed by atoms with Gasteiger partial charge in [0.1, 0.15) is 10.7 Å². The van der Waals surface area contributed by atoms with Crippen LogP contribution in [-0.4, -0.2) is 45.7 Å². The minimum atomic E-state index is -0.566. The highest BCUT2D eigenvalue weighted by Crippen LogP contribution is 2.32. The molecular formula is C25H25N5O3S2. The van der Waals surface area contributed by atoms with Crippen LogP contribution in [0.5, 0.6) is 0 Å². The van der Waals surface area contributed by atoms with Gasteiger partial charge in [0.25, 0.3) is 11.8 Å². The third-order valence-corrected chi connectivity index (χ3v) is 8.44. The third kappa shape index (κ3) is 4.71. The number of carbonyl (C=O) groups is 3. The molecule has 0 bridgehead atoms. The van der Waals surface area contributed by atoms with Crippen LogP contribution in [0.4, 0.5) is 5.00 Å². The molecule has 0 spiro atoms. The number of primary amides is 1. The van der Waals surface area contributed by atoms with Crippen LogP contribution in [0.15, 0.2) is 41.2 Å². The average Bonchev–Trinajstić information content (AvgIpc) is 3.58. The van der Waals surface area contributed by atoms with E-state index in [0.717, 1.165) is 39.9 Å². The molecule has 4 aromatic rings. The molecule has 0 atom stereocenters. The van der Waals surface area contributed by atoms with E-state index in [2.05, 4.69) is 15.3 Å². The predicted octanol–water partition coefficient (Wildman–Crippen LogP) is 4.29. The van der Waals surface area contributed by atoms with Crippen molar-refractivity contribution in [3.8, 4) is 0 Å². The lowest BCUT2D eigenvalue weighted by Crippen LogP contribution is -2.38. The zero-order chi connectivity index (χ0) is 24.5. The van der Waals surface area contributed by atoms with E-state index in [4.69, 9.17) is 5.73 Å². The maximum Gasteiger partial charge on any atom is 0.275 e. The molecule has 1 aliphatic rings. The summed E-state index contributed by atoms with van der Waals surface area (Å²) >= 11 is 2.73. The first kappa shape index (κ1) is 23.3. The molecule has 4 heterocycles. The molecule has 1 aromatic carbocycles. The molecule has 0 saturated carbocycles. The molecule has 0 aliphatic carbocycles. The quantitative estimate of drug-likeness (QED) is 0.360. The number of fused-ring (bicyclic) bond motifs is 1. The van der Waals surface area contributed by atoms with Crippen LogP contribution in [0.25, 0.3) is 10.9 Å². The molecule has 10 heteroatoms. The number of aromatic nitrogens is 2. The van der Waals surface area contributed by atoms with Crippen molar-refractivity contribution in [1.82, 2.24) is 14.9 Å². The zero-order valence-electron chi connectivity index (χ0n) is 19.2. The highest BCUT2D eigenvalue weighted by atomic mass is 32.1. The predicted molar refractivity (Wildman–Crippen MR) is 138 cm³/mol. The summed E-state index contributed by atoms with van der Waals surface area (Å²) in [5.74, 6) is -0.583. The number of thiazole rings is 1. The van der Waals surface area contributed by atoms with Gasteiger partial charge in [0, 0.05) is 41.5 Å². The second-order valence-corrected chi connectivity index (χ2v) is 10.5. The van der Waals surface area contributed by atoms with Gasteiger partial charge in [-0.1, -0.05) is 18.2 Å². The highest BCUT2D eigenvalue weighted by molar-refractivity contribution is 7.15. The number of aryl methyl sites for hydroxylation is 1. The molecule has 180 valence electrons. The number of aromatic amines is 1. The number of para-hydroxylation sites is 1. The highest BCUT2D eigenvalue weighted by Gasteiger charge is 2.27. The number of nitrogens with two attached hydrogens (primary N) is 1. The number of nitrogens with one attached hydrogen (secondary N) is 2. The Morgan fingerprint density at radius 1 is 1.17 bits per heavy atom. The van der Waals surface area contributed by atoms with Gasteiger partial charge in [-0.05, 0) is 42.3 Å². The molecule has 8 nitrogen and oxygen atoms in total. The topological polar surface area (TPSA) is 121 Å². The average molecular weight is 508 g/mol. The first-order valence-electron chi connectivity index (χ1n) is 11.4. The van der Waals surface area contributed by atoms with Crippen molar-refractivity contribution in [2.75, 3.05) is 18.4 Å². The summed E-state index contributed by atoms with van der Waals surface area (Å²) in [4.78, 5) is 47.0. The zero-order valence-corrected chi connectivity index (χ0v) is 20.8. The first-order chi connectivity index (χ1) is 16.9. The van der Waals surface area contributed by atoms with Crippen molar-refractivity contribution in [3.63, 3.8) is 0 Å². The Hall–Kier alpha value is -3.50. The number of piperidine rings is 1. The summed E-state index contributed by atoms with van der Waals surface area (Å²) in [6, 6.07) is 8.00. The number of amides is 3. The summed E-state index contributed by atoms with van der Waals surface area (Å²) in [6.45, 7) is 3.12. The molecule has 3 amide bonds. The number of likely N-dealkylation sites (tertiary alicyclic amines) is 1. The second-order valence-electron chi connectivity index (χ2n) is 8.70. The van der Waals surface area contributed by atoms with E-state index in [-0.39, 0.29) is 17.7 Å². The van der Waals surface area contributed by atoms with Crippen molar-refractivity contribution in [2.45, 2.75) is 32.1 Å². The molecular weight excluding hydrogens is 482 g/mol. The number of H-pyrrole nitrogens is 1. The monoisotopic (exact) mass is 507 g/mol. The van der Waals surface area contributed by atoms with Gasteiger partial charge in [-0.15, -0.1) is 22.7 Å². The van der Waals surface area contributed by atoms with Crippen molar-refractivity contribution >= 4 is 56.3 Å². The van der Waals surface area contributed by atoms with E-state index in [9.17, 15) is 14.4 Å². The number of hydrogen-bond acceptors (Lipinski definition) is 6. The fourth-order valence-electron chi connectivity index (χ4n) is 4.52. The number of anilines is 1.